The monoisotopic (exact) mass is 262 g/mol. The number of nitrogens with one attached hydrogen (secondary N) is 4. The zero-order chi connectivity index (χ0) is 14.1. The molecule has 0 aliphatic rings. The normalized spacial score (nSPS) is 11.0. The zero-order valence-electron chi connectivity index (χ0n) is 11.0. The van der Waals surface area contributed by atoms with Crippen LogP contribution >= 0.6 is 0 Å². The lowest BCUT2D eigenvalue weighted by atomic mass is 10.3. The van der Waals surface area contributed by atoms with Gasteiger partial charge >= 0.3 is 0 Å². The molecule has 1 aromatic heterocycles. The van der Waals surface area contributed by atoms with Crippen molar-refractivity contribution in [2.45, 2.75) is 6.54 Å². The average Bonchev–Trinajstić information content (AvgIpc) is 2.94. The van der Waals surface area contributed by atoms with Gasteiger partial charge in [0.15, 0.2) is 0 Å². The Morgan fingerprint density at radius 2 is 2.16 bits per heavy atom. The summed E-state index contributed by atoms with van der Waals surface area (Å²) in [6, 6.07) is 3.65. The quantitative estimate of drug-likeness (QED) is 0.402. The van der Waals surface area contributed by atoms with Gasteiger partial charge in [-0.05, 0) is 12.1 Å². The van der Waals surface area contributed by atoms with E-state index in [0.29, 0.717) is 18.1 Å². The van der Waals surface area contributed by atoms with Crippen molar-refractivity contribution in [3.05, 3.63) is 35.7 Å². The van der Waals surface area contributed by atoms with Crippen molar-refractivity contribution >= 4 is 5.91 Å². The summed E-state index contributed by atoms with van der Waals surface area (Å²) in [4.78, 5) is 11.9. The lowest BCUT2D eigenvalue weighted by molar-refractivity contribution is -0.117. The molecule has 0 bridgehead atoms. The highest BCUT2D eigenvalue weighted by Gasteiger charge is 2.13. The third-order valence-corrected chi connectivity index (χ3v) is 2.35. The highest BCUT2D eigenvalue weighted by atomic mass is 16.3. The van der Waals surface area contributed by atoms with Gasteiger partial charge in [-0.15, -0.1) is 6.42 Å². The Kier molecular flexibility index (Phi) is 5.89. The first-order valence-electron chi connectivity index (χ1n) is 5.80. The van der Waals surface area contributed by atoms with Crippen LogP contribution in [-0.2, 0) is 11.3 Å². The zero-order valence-corrected chi connectivity index (χ0v) is 11.0. The highest BCUT2D eigenvalue weighted by molar-refractivity contribution is 5.93. The van der Waals surface area contributed by atoms with Crippen LogP contribution in [0, 0.1) is 12.3 Å². The number of terminal acetylenes is 1. The Morgan fingerprint density at radius 3 is 2.68 bits per heavy atom. The van der Waals surface area contributed by atoms with Crippen LogP contribution in [0.5, 0.6) is 0 Å². The first-order chi connectivity index (χ1) is 9.22. The Balaban J connectivity index is 2.73. The van der Waals surface area contributed by atoms with Gasteiger partial charge in [-0.3, -0.25) is 4.79 Å². The molecule has 0 radical (unpaired) electrons. The molecule has 0 aliphatic heterocycles. The topological polar surface area (TPSA) is 78.3 Å². The molecule has 0 atom stereocenters. The molecule has 1 rings (SSSR count). The van der Waals surface area contributed by atoms with E-state index in [9.17, 15) is 4.79 Å². The van der Waals surface area contributed by atoms with Gasteiger partial charge in [-0.1, -0.05) is 5.92 Å². The van der Waals surface area contributed by atoms with E-state index < -0.39 is 0 Å². The van der Waals surface area contributed by atoms with E-state index in [1.54, 1.807) is 26.4 Å². The van der Waals surface area contributed by atoms with Crippen LogP contribution in [0.3, 0.4) is 0 Å². The largest absolute Gasteiger partial charge is 0.467 e. The molecule has 1 aromatic rings. The molecule has 1 heterocycles. The molecule has 0 saturated carbocycles. The lowest BCUT2D eigenvalue weighted by Gasteiger charge is -2.15. The third kappa shape index (κ3) is 4.32. The summed E-state index contributed by atoms with van der Waals surface area (Å²) in [6.07, 6.45) is 6.70. The van der Waals surface area contributed by atoms with E-state index in [-0.39, 0.29) is 12.5 Å². The molecular weight excluding hydrogens is 244 g/mol. The van der Waals surface area contributed by atoms with E-state index in [2.05, 4.69) is 27.2 Å². The second-order valence-corrected chi connectivity index (χ2v) is 3.57. The molecule has 0 aliphatic carbocycles. The molecule has 4 N–H and O–H groups in total. The average molecular weight is 262 g/mol. The number of likely N-dealkylation sites (N-methyl/N-ethyl adjacent to an activating group) is 1. The standard InChI is InChI=1S/C13H18N4O2/c1-4-7-16-13(18)11(14-2)12(15-3)17-9-10-6-5-8-19-10/h1,5-6,8,14-15,17H,7,9H2,2-3H3,(H,16,18)/b12-11+. The third-order valence-electron chi connectivity index (χ3n) is 2.35. The summed E-state index contributed by atoms with van der Waals surface area (Å²) < 4.78 is 5.21. The van der Waals surface area contributed by atoms with Gasteiger partial charge in [0.1, 0.15) is 17.3 Å². The summed E-state index contributed by atoms with van der Waals surface area (Å²) in [7, 11) is 3.38. The predicted molar refractivity (Wildman–Crippen MR) is 72.5 cm³/mol. The van der Waals surface area contributed by atoms with Crippen LogP contribution in [0.25, 0.3) is 0 Å². The fraction of sp³-hybridized carbons (Fsp3) is 0.308. The van der Waals surface area contributed by atoms with Crippen LogP contribution < -0.4 is 21.3 Å². The number of amides is 1. The van der Waals surface area contributed by atoms with Crippen LogP contribution in [0.1, 0.15) is 5.76 Å². The number of carbonyl (C=O) groups excluding carboxylic acids is 1. The molecular formula is C13H18N4O2. The number of hydrogen-bond donors (Lipinski definition) is 4. The minimum Gasteiger partial charge on any atom is -0.467 e. The number of rotatable bonds is 7. The van der Waals surface area contributed by atoms with Crippen LogP contribution in [0.15, 0.2) is 34.3 Å². The fourth-order valence-electron chi connectivity index (χ4n) is 1.46. The fourth-order valence-corrected chi connectivity index (χ4v) is 1.46. The van der Waals surface area contributed by atoms with E-state index >= 15 is 0 Å². The summed E-state index contributed by atoms with van der Waals surface area (Å²) in [5.41, 5.74) is 0.379. The van der Waals surface area contributed by atoms with E-state index in [1.165, 1.54) is 0 Å². The van der Waals surface area contributed by atoms with Gasteiger partial charge in [0.25, 0.3) is 5.91 Å². The van der Waals surface area contributed by atoms with Gasteiger partial charge in [0, 0.05) is 14.1 Å². The molecule has 6 nitrogen and oxygen atoms in total. The molecule has 0 spiro atoms. The van der Waals surface area contributed by atoms with Gasteiger partial charge < -0.3 is 25.7 Å². The van der Waals surface area contributed by atoms with Crippen molar-refractivity contribution < 1.29 is 9.21 Å². The molecule has 1 amide bonds. The maximum atomic E-state index is 11.9. The van der Waals surface area contributed by atoms with Crippen molar-refractivity contribution in [3.63, 3.8) is 0 Å². The van der Waals surface area contributed by atoms with Gasteiger partial charge in [-0.2, -0.15) is 0 Å². The molecule has 0 fully saturated rings. The highest BCUT2D eigenvalue weighted by Crippen LogP contribution is 2.01. The minimum atomic E-state index is -0.281. The van der Waals surface area contributed by atoms with Crippen molar-refractivity contribution in [1.82, 2.24) is 21.3 Å². The van der Waals surface area contributed by atoms with Crippen molar-refractivity contribution in [1.29, 1.82) is 0 Å². The smallest absolute Gasteiger partial charge is 0.271 e. The number of hydrogen-bond acceptors (Lipinski definition) is 5. The SMILES string of the molecule is C#CCNC(=O)/C(NC)=C(/NC)NCc1ccco1. The molecule has 19 heavy (non-hydrogen) atoms. The summed E-state index contributed by atoms with van der Waals surface area (Å²) >= 11 is 0. The summed E-state index contributed by atoms with van der Waals surface area (Å²) in [6.45, 7) is 0.649. The second kappa shape index (κ2) is 7.71. The van der Waals surface area contributed by atoms with E-state index in [1.807, 2.05) is 6.07 Å². The first-order valence-corrected chi connectivity index (χ1v) is 5.80. The van der Waals surface area contributed by atoms with Crippen LogP contribution in [0.4, 0.5) is 0 Å². The van der Waals surface area contributed by atoms with E-state index in [4.69, 9.17) is 10.8 Å². The second-order valence-electron chi connectivity index (χ2n) is 3.57. The molecule has 0 aromatic carbocycles. The van der Waals surface area contributed by atoms with Crippen molar-refractivity contribution in [3.8, 4) is 12.3 Å². The van der Waals surface area contributed by atoms with Crippen molar-refractivity contribution in [2.24, 2.45) is 0 Å². The maximum Gasteiger partial charge on any atom is 0.271 e. The van der Waals surface area contributed by atoms with Gasteiger partial charge in [-0.25, -0.2) is 0 Å². The Hall–Kier alpha value is -2.55. The summed E-state index contributed by atoms with van der Waals surface area (Å²) in [5.74, 6) is 3.40. The van der Waals surface area contributed by atoms with Crippen LogP contribution in [0.2, 0.25) is 0 Å². The van der Waals surface area contributed by atoms with Crippen molar-refractivity contribution in [2.75, 3.05) is 20.6 Å². The molecule has 0 saturated heterocycles. The number of furan rings is 1. The summed E-state index contributed by atoms with van der Waals surface area (Å²) in [5, 5.41) is 11.4. The number of carbonyl (C=O) groups is 1. The molecule has 0 unspecified atom stereocenters. The molecule has 6 heteroatoms. The molecule has 102 valence electrons. The van der Waals surface area contributed by atoms with E-state index in [0.717, 1.165) is 5.76 Å². The van der Waals surface area contributed by atoms with Gasteiger partial charge in [0.05, 0.1) is 19.4 Å². The first kappa shape index (κ1) is 14.5. The van der Waals surface area contributed by atoms with Gasteiger partial charge in [0.2, 0.25) is 0 Å². The Morgan fingerprint density at radius 1 is 1.37 bits per heavy atom. The lowest BCUT2D eigenvalue weighted by Crippen LogP contribution is -2.37. The maximum absolute atomic E-state index is 11.9. The minimum absolute atomic E-state index is 0.180. The Labute approximate surface area is 112 Å². The van der Waals surface area contributed by atoms with Crippen LogP contribution in [-0.4, -0.2) is 26.5 Å². The predicted octanol–water partition coefficient (Wildman–Crippen LogP) is -0.273. The Bertz CT molecular complexity index is 471.